The van der Waals surface area contributed by atoms with Crippen molar-refractivity contribution in [1.29, 1.82) is 0 Å². The Morgan fingerprint density at radius 1 is 1.00 bits per heavy atom. The number of hydrogen-bond donors (Lipinski definition) is 0. The number of aryl methyl sites for hydroxylation is 1. The predicted molar refractivity (Wildman–Crippen MR) is 110 cm³/mol. The summed E-state index contributed by atoms with van der Waals surface area (Å²) in [6.45, 7) is 2.27. The van der Waals surface area contributed by atoms with Crippen LogP contribution in [0.2, 0.25) is 5.02 Å². The number of carbonyl (C=O) groups is 2. The SMILES string of the molecule is COc1cccc(C(=O)N2CCN(C(=O)CCCc3ccc(Cl)cc3)CC2)c1. The first-order valence-electron chi connectivity index (χ1n) is 9.52. The Morgan fingerprint density at radius 3 is 2.36 bits per heavy atom. The van der Waals surface area contributed by atoms with Crippen LogP contribution < -0.4 is 4.74 Å². The number of nitrogens with zero attached hydrogens (tertiary/aromatic N) is 2. The van der Waals surface area contributed by atoms with Crippen molar-refractivity contribution in [3.05, 3.63) is 64.7 Å². The Kier molecular flexibility index (Phi) is 6.93. The van der Waals surface area contributed by atoms with Crippen LogP contribution in [0.15, 0.2) is 48.5 Å². The van der Waals surface area contributed by atoms with Crippen LogP contribution in [0.4, 0.5) is 0 Å². The fourth-order valence-electron chi connectivity index (χ4n) is 3.35. The molecule has 0 atom stereocenters. The molecular formula is C22H25ClN2O3. The second kappa shape index (κ2) is 9.60. The quantitative estimate of drug-likeness (QED) is 0.743. The molecule has 6 heteroatoms. The van der Waals surface area contributed by atoms with E-state index in [0.29, 0.717) is 43.9 Å². The van der Waals surface area contributed by atoms with E-state index in [4.69, 9.17) is 16.3 Å². The van der Waals surface area contributed by atoms with Crippen molar-refractivity contribution in [2.24, 2.45) is 0 Å². The van der Waals surface area contributed by atoms with Crippen molar-refractivity contribution in [3.8, 4) is 5.75 Å². The average Bonchev–Trinajstić information content (AvgIpc) is 2.74. The van der Waals surface area contributed by atoms with Crippen molar-refractivity contribution < 1.29 is 14.3 Å². The van der Waals surface area contributed by atoms with Gasteiger partial charge in [-0.3, -0.25) is 9.59 Å². The number of ether oxygens (including phenoxy) is 1. The molecule has 28 heavy (non-hydrogen) atoms. The van der Waals surface area contributed by atoms with Gasteiger partial charge < -0.3 is 14.5 Å². The van der Waals surface area contributed by atoms with Gasteiger partial charge in [-0.05, 0) is 48.7 Å². The van der Waals surface area contributed by atoms with Gasteiger partial charge in [-0.2, -0.15) is 0 Å². The van der Waals surface area contributed by atoms with E-state index in [2.05, 4.69) is 0 Å². The molecule has 1 fully saturated rings. The summed E-state index contributed by atoms with van der Waals surface area (Å²) < 4.78 is 5.19. The van der Waals surface area contributed by atoms with E-state index in [9.17, 15) is 9.59 Å². The zero-order chi connectivity index (χ0) is 19.9. The fraction of sp³-hybridized carbons (Fsp3) is 0.364. The lowest BCUT2D eigenvalue weighted by Crippen LogP contribution is -2.50. The first kappa shape index (κ1) is 20.2. The van der Waals surface area contributed by atoms with Gasteiger partial charge in [0.2, 0.25) is 5.91 Å². The van der Waals surface area contributed by atoms with Crippen molar-refractivity contribution in [1.82, 2.24) is 9.80 Å². The Bertz CT molecular complexity index is 815. The topological polar surface area (TPSA) is 49.9 Å². The maximum absolute atomic E-state index is 12.7. The highest BCUT2D eigenvalue weighted by atomic mass is 35.5. The van der Waals surface area contributed by atoms with Gasteiger partial charge in [-0.1, -0.05) is 29.8 Å². The van der Waals surface area contributed by atoms with Crippen LogP contribution in [0.1, 0.15) is 28.8 Å². The fourth-order valence-corrected chi connectivity index (χ4v) is 3.48. The lowest BCUT2D eigenvalue weighted by atomic mass is 10.1. The molecule has 2 amide bonds. The van der Waals surface area contributed by atoms with E-state index < -0.39 is 0 Å². The zero-order valence-electron chi connectivity index (χ0n) is 16.1. The number of carbonyl (C=O) groups excluding carboxylic acids is 2. The molecule has 0 bridgehead atoms. The molecule has 2 aromatic rings. The Labute approximate surface area is 170 Å². The second-order valence-corrected chi connectivity index (χ2v) is 7.32. The molecule has 0 aromatic heterocycles. The molecule has 3 rings (SSSR count). The maximum Gasteiger partial charge on any atom is 0.254 e. The summed E-state index contributed by atoms with van der Waals surface area (Å²) in [6, 6.07) is 14.9. The third-order valence-corrected chi connectivity index (χ3v) is 5.26. The first-order chi connectivity index (χ1) is 13.6. The molecule has 1 aliphatic rings. The lowest BCUT2D eigenvalue weighted by molar-refractivity contribution is -0.132. The van der Waals surface area contributed by atoms with Crippen molar-refractivity contribution in [3.63, 3.8) is 0 Å². The van der Waals surface area contributed by atoms with Crippen LogP contribution in [0.3, 0.4) is 0 Å². The lowest BCUT2D eigenvalue weighted by Gasteiger charge is -2.35. The molecule has 0 N–H and O–H groups in total. The van der Waals surface area contributed by atoms with Gasteiger partial charge in [-0.15, -0.1) is 0 Å². The van der Waals surface area contributed by atoms with Gasteiger partial charge in [0.05, 0.1) is 7.11 Å². The largest absolute Gasteiger partial charge is 0.497 e. The monoisotopic (exact) mass is 400 g/mol. The maximum atomic E-state index is 12.7. The van der Waals surface area contributed by atoms with Gasteiger partial charge in [0.15, 0.2) is 0 Å². The van der Waals surface area contributed by atoms with Gasteiger partial charge >= 0.3 is 0 Å². The van der Waals surface area contributed by atoms with Gasteiger partial charge in [0.1, 0.15) is 5.75 Å². The summed E-state index contributed by atoms with van der Waals surface area (Å²) in [5.74, 6) is 0.802. The second-order valence-electron chi connectivity index (χ2n) is 6.88. The van der Waals surface area contributed by atoms with Crippen LogP contribution in [0.5, 0.6) is 5.75 Å². The van der Waals surface area contributed by atoms with Gasteiger partial charge in [0.25, 0.3) is 5.91 Å². The molecular weight excluding hydrogens is 376 g/mol. The number of rotatable bonds is 6. The number of piperazine rings is 1. The summed E-state index contributed by atoms with van der Waals surface area (Å²) in [5, 5.41) is 0.723. The summed E-state index contributed by atoms with van der Waals surface area (Å²) in [6.07, 6.45) is 2.19. The molecule has 2 aromatic carbocycles. The molecule has 0 spiro atoms. The molecule has 0 saturated carbocycles. The third kappa shape index (κ3) is 5.26. The zero-order valence-corrected chi connectivity index (χ0v) is 16.8. The molecule has 0 radical (unpaired) electrons. The summed E-state index contributed by atoms with van der Waals surface area (Å²) >= 11 is 5.89. The minimum atomic E-state index is -0.0197. The van der Waals surface area contributed by atoms with Crippen LogP contribution in [-0.2, 0) is 11.2 Å². The van der Waals surface area contributed by atoms with Crippen LogP contribution in [-0.4, -0.2) is 54.9 Å². The number of hydrogen-bond acceptors (Lipinski definition) is 3. The van der Waals surface area contributed by atoms with Crippen LogP contribution >= 0.6 is 11.6 Å². The minimum absolute atomic E-state index is 0.0197. The van der Waals surface area contributed by atoms with E-state index in [1.807, 2.05) is 41.3 Å². The molecule has 5 nitrogen and oxygen atoms in total. The van der Waals surface area contributed by atoms with Crippen LogP contribution in [0.25, 0.3) is 0 Å². The molecule has 1 aliphatic heterocycles. The highest BCUT2D eigenvalue weighted by Crippen LogP contribution is 2.16. The summed E-state index contributed by atoms with van der Waals surface area (Å²) in [7, 11) is 1.58. The van der Waals surface area contributed by atoms with Crippen LogP contribution in [0, 0.1) is 0 Å². The van der Waals surface area contributed by atoms with Gasteiger partial charge in [0, 0.05) is 43.2 Å². The minimum Gasteiger partial charge on any atom is -0.497 e. The van der Waals surface area contributed by atoms with E-state index in [-0.39, 0.29) is 11.8 Å². The van der Waals surface area contributed by atoms with E-state index in [0.717, 1.165) is 17.9 Å². The molecule has 1 heterocycles. The normalized spacial score (nSPS) is 14.1. The molecule has 148 valence electrons. The highest BCUT2D eigenvalue weighted by molar-refractivity contribution is 6.30. The van der Waals surface area contributed by atoms with Crippen molar-refractivity contribution in [2.45, 2.75) is 19.3 Å². The average molecular weight is 401 g/mol. The standard InChI is InChI=1S/C22H25ClN2O3/c1-28-20-6-3-5-18(16-20)22(27)25-14-12-24(13-15-25)21(26)7-2-4-17-8-10-19(23)11-9-17/h3,5-6,8-11,16H,2,4,7,12-15H2,1H3. The summed E-state index contributed by atoms with van der Waals surface area (Å²) in [4.78, 5) is 28.8. The molecule has 1 saturated heterocycles. The predicted octanol–water partition coefficient (Wildman–Crippen LogP) is 3.66. The van der Waals surface area contributed by atoms with E-state index >= 15 is 0 Å². The van der Waals surface area contributed by atoms with Crippen molar-refractivity contribution in [2.75, 3.05) is 33.3 Å². The highest BCUT2D eigenvalue weighted by Gasteiger charge is 2.24. The Balaban J connectivity index is 1.44. The molecule has 0 unspecified atom stereocenters. The number of benzene rings is 2. The third-order valence-electron chi connectivity index (χ3n) is 5.01. The number of methoxy groups -OCH3 is 1. The first-order valence-corrected chi connectivity index (χ1v) is 9.90. The van der Waals surface area contributed by atoms with Crippen molar-refractivity contribution >= 4 is 23.4 Å². The number of halogens is 1. The Morgan fingerprint density at radius 2 is 1.68 bits per heavy atom. The smallest absolute Gasteiger partial charge is 0.254 e. The van der Waals surface area contributed by atoms with E-state index in [1.54, 1.807) is 24.1 Å². The van der Waals surface area contributed by atoms with Gasteiger partial charge in [-0.25, -0.2) is 0 Å². The number of amides is 2. The molecule has 0 aliphatic carbocycles. The summed E-state index contributed by atoms with van der Waals surface area (Å²) in [5.41, 5.74) is 1.80. The van der Waals surface area contributed by atoms with E-state index in [1.165, 1.54) is 5.56 Å². The Hall–Kier alpha value is -2.53.